The highest BCUT2D eigenvalue weighted by Crippen LogP contribution is 2.44. The molecule has 160 valence electrons. The second-order valence-corrected chi connectivity index (χ2v) is 8.11. The summed E-state index contributed by atoms with van der Waals surface area (Å²) in [5.74, 6) is -0.0338. The Kier molecular flexibility index (Phi) is 4.90. The third-order valence-electron chi connectivity index (χ3n) is 6.40. The molecule has 0 saturated heterocycles. The molecule has 0 unspecified atom stereocenters. The molecule has 1 aromatic heterocycles. The number of fused-ring (bicyclic) bond motifs is 6. The van der Waals surface area contributed by atoms with Crippen LogP contribution in [-0.4, -0.2) is 53.1 Å². The highest BCUT2D eigenvalue weighted by molar-refractivity contribution is 6.02. The quantitative estimate of drug-likeness (QED) is 0.667. The van der Waals surface area contributed by atoms with Gasteiger partial charge in [-0.3, -0.25) is 9.59 Å². The van der Waals surface area contributed by atoms with Crippen LogP contribution in [0, 0.1) is 0 Å². The topological polar surface area (TPSA) is 77.8 Å². The van der Waals surface area contributed by atoms with Crippen molar-refractivity contribution < 1.29 is 14.7 Å². The molecule has 3 heterocycles. The highest BCUT2D eigenvalue weighted by atomic mass is 16.3. The van der Waals surface area contributed by atoms with Crippen LogP contribution in [0.4, 0.5) is 5.69 Å². The van der Waals surface area contributed by atoms with Gasteiger partial charge in [0, 0.05) is 44.0 Å². The first-order valence-corrected chi connectivity index (χ1v) is 10.7. The average Bonchev–Trinajstić information content (AvgIpc) is 3.13. The lowest BCUT2D eigenvalue weighted by Gasteiger charge is -2.46. The number of carbonyl (C=O) groups is 2. The van der Waals surface area contributed by atoms with Crippen molar-refractivity contribution in [2.45, 2.75) is 25.6 Å². The summed E-state index contributed by atoms with van der Waals surface area (Å²) < 4.78 is 2.21. The maximum absolute atomic E-state index is 13.3. The maximum Gasteiger partial charge on any atom is 0.257 e. The van der Waals surface area contributed by atoms with E-state index in [2.05, 4.69) is 26.9 Å². The van der Waals surface area contributed by atoms with Crippen LogP contribution in [0.2, 0.25) is 0 Å². The summed E-state index contributed by atoms with van der Waals surface area (Å²) in [6.07, 6.45) is 0.892. The number of aliphatic hydroxyl groups excluding tert-OH is 1. The van der Waals surface area contributed by atoms with Crippen molar-refractivity contribution in [3.05, 3.63) is 65.4 Å². The van der Waals surface area contributed by atoms with Gasteiger partial charge in [-0.2, -0.15) is 0 Å². The van der Waals surface area contributed by atoms with Crippen molar-refractivity contribution in [3.8, 4) is 0 Å². The van der Waals surface area contributed by atoms with Gasteiger partial charge in [0.05, 0.1) is 23.6 Å². The molecule has 2 N–H and O–H groups in total. The first kappa shape index (κ1) is 19.6. The normalized spacial score (nSPS) is 17.4. The lowest BCUT2D eigenvalue weighted by molar-refractivity contribution is -0.121. The minimum atomic E-state index is -0.209. The zero-order valence-corrected chi connectivity index (χ0v) is 17.5. The van der Waals surface area contributed by atoms with Crippen LogP contribution in [0.25, 0.3) is 10.9 Å². The number of aliphatic hydroxyl groups is 1. The van der Waals surface area contributed by atoms with E-state index in [0.717, 1.165) is 28.9 Å². The number of aryl methyl sites for hydroxylation is 1. The fourth-order valence-corrected chi connectivity index (χ4v) is 5.05. The van der Waals surface area contributed by atoms with Crippen molar-refractivity contribution in [1.82, 2.24) is 14.8 Å². The first-order chi connectivity index (χ1) is 15.1. The monoisotopic (exact) mass is 418 g/mol. The van der Waals surface area contributed by atoms with Gasteiger partial charge in [0.25, 0.3) is 5.91 Å². The number of hydrogen-bond acceptors (Lipinski definition) is 4. The first-order valence-electron chi connectivity index (χ1n) is 10.7. The van der Waals surface area contributed by atoms with Gasteiger partial charge in [-0.15, -0.1) is 0 Å². The Labute approximate surface area is 180 Å². The number of amides is 2. The number of anilines is 1. The third kappa shape index (κ3) is 3.08. The number of carbonyl (C=O) groups excluding carboxylic acids is 2. The van der Waals surface area contributed by atoms with E-state index in [1.807, 2.05) is 48.3 Å². The number of benzene rings is 2. The predicted octanol–water partition coefficient (Wildman–Crippen LogP) is 2.29. The maximum atomic E-state index is 13.3. The Morgan fingerprint density at radius 1 is 1.16 bits per heavy atom. The molecule has 2 aliphatic heterocycles. The smallest absolute Gasteiger partial charge is 0.257 e. The lowest BCUT2D eigenvalue weighted by Crippen LogP contribution is -2.51. The Hall–Kier alpha value is -3.32. The molecule has 1 atom stereocenters. The van der Waals surface area contributed by atoms with Crippen LogP contribution in [0.1, 0.15) is 34.2 Å². The summed E-state index contributed by atoms with van der Waals surface area (Å²) in [7, 11) is 2.04. The van der Waals surface area contributed by atoms with E-state index in [9.17, 15) is 9.59 Å². The Morgan fingerprint density at radius 2 is 1.94 bits per heavy atom. The van der Waals surface area contributed by atoms with E-state index in [1.165, 1.54) is 10.9 Å². The molecular formula is C24H26N4O3. The molecule has 2 aliphatic rings. The molecule has 0 bridgehead atoms. The molecule has 0 aliphatic carbocycles. The number of hydrogen-bond donors (Lipinski definition) is 2. The van der Waals surface area contributed by atoms with Gasteiger partial charge in [-0.05, 0) is 30.2 Å². The largest absolute Gasteiger partial charge is 0.395 e. The van der Waals surface area contributed by atoms with Gasteiger partial charge >= 0.3 is 0 Å². The molecule has 0 fully saturated rings. The van der Waals surface area contributed by atoms with Gasteiger partial charge < -0.3 is 24.8 Å². The van der Waals surface area contributed by atoms with E-state index >= 15 is 0 Å². The number of rotatable bonds is 5. The molecule has 31 heavy (non-hydrogen) atoms. The SMILES string of the molecule is CN1c2ccccc2C(=O)N2CCc3c(n(CCC(=O)NCCO)c4ccccc34)[C@@H]21. The van der Waals surface area contributed by atoms with Crippen LogP contribution < -0.4 is 10.2 Å². The summed E-state index contributed by atoms with van der Waals surface area (Å²) >= 11 is 0. The molecule has 2 amide bonds. The number of para-hydroxylation sites is 2. The number of aromatic nitrogens is 1. The molecule has 2 aromatic carbocycles. The number of nitrogens with one attached hydrogen (secondary N) is 1. The molecule has 0 saturated carbocycles. The summed E-state index contributed by atoms with van der Waals surface area (Å²) in [4.78, 5) is 29.7. The molecule has 3 aromatic rings. The molecule has 0 spiro atoms. The van der Waals surface area contributed by atoms with Gasteiger partial charge in [0.2, 0.25) is 5.91 Å². The van der Waals surface area contributed by atoms with Crippen LogP contribution in [0.15, 0.2) is 48.5 Å². The summed E-state index contributed by atoms with van der Waals surface area (Å²) in [6.45, 7) is 1.37. The molecular weight excluding hydrogens is 392 g/mol. The Bertz CT molecular complexity index is 1170. The van der Waals surface area contributed by atoms with E-state index in [1.54, 1.807) is 0 Å². The molecule has 5 rings (SSSR count). The Balaban J connectivity index is 1.61. The second-order valence-electron chi connectivity index (χ2n) is 8.11. The van der Waals surface area contributed by atoms with Crippen molar-refractivity contribution in [3.63, 3.8) is 0 Å². The van der Waals surface area contributed by atoms with Crippen molar-refractivity contribution >= 4 is 28.4 Å². The summed E-state index contributed by atoms with van der Waals surface area (Å²) in [5.41, 5.74) is 5.10. The second kappa shape index (κ2) is 7.74. The van der Waals surface area contributed by atoms with Crippen LogP contribution in [0.5, 0.6) is 0 Å². The molecule has 0 radical (unpaired) electrons. The summed E-state index contributed by atoms with van der Waals surface area (Å²) in [6, 6.07) is 16.0. The van der Waals surface area contributed by atoms with Crippen molar-refractivity contribution in [2.75, 3.05) is 31.6 Å². The van der Waals surface area contributed by atoms with Crippen LogP contribution in [0.3, 0.4) is 0 Å². The van der Waals surface area contributed by atoms with Crippen molar-refractivity contribution in [2.24, 2.45) is 0 Å². The van der Waals surface area contributed by atoms with E-state index < -0.39 is 0 Å². The fourth-order valence-electron chi connectivity index (χ4n) is 5.05. The predicted molar refractivity (Wildman–Crippen MR) is 119 cm³/mol. The fraction of sp³-hybridized carbons (Fsp3) is 0.333. The average molecular weight is 418 g/mol. The Morgan fingerprint density at radius 3 is 2.77 bits per heavy atom. The minimum absolute atomic E-state index is 0.0573. The van der Waals surface area contributed by atoms with E-state index in [4.69, 9.17) is 5.11 Å². The highest BCUT2D eigenvalue weighted by Gasteiger charge is 2.42. The van der Waals surface area contributed by atoms with Gasteiger partial charge in [0.1, 0.15) is 6.17 Å². The van der Waals surface area contributed by atoms with E-state index in [-0.39, 0.29) is 31.1 Å². The van der Waals surface area contributed by atoms with Gasteiger partial charge in [0.15, 0.2) is 0 Å². The third-order valence-corrected chi connectivity index (χ3v) is 6.40. The van der Waals surface area contributed by atoms with Crippen LogP contribution in [-0.2, 0) is 17.8 Å². The molecule has 7 nitrogen and oxygen atoms in total. The molecule has 7 heteroatoms. The van der Waals surface area contributed by atoms with Gasteiger partial charge in [-0.25, -0.2) is 0 Å². The van der Waals surface area contributed by atoms with Gasteiger partial charge in [-0.1, -0.05) is 30.3 Å². The zero-order valence-electron chi connectivity index (χ0n) is 17.5. The number of nitrogens with zero attached hydrogens (tertiary/aromatic N) is 3. The summed E-state index contributed by atoms with van der Waals surface area (Å²) in [5, 5.41) is 12.9. The zero-order chi connectivity index (χ0) is 21.5. The standard InChI is InChI=1S/C24H26N4O3/c1-26-19-8-4-3-7-18(19)24(31)28-13-10-17-16-6-2-5-9-20(16)27(22(17)23(26)28)14-11-21(30)25-12-15-29/h2-9,23,29H,10-15H2,1H3,(H,25,30)/t23-/m1/s1. The minimum Gasteiger partial charge on any atom is -0.395 e. The van der Waals surface area contributed by atoms with Crippen molar-refractivity contribution in [1.29, 1.82) is 0 Å². The van der Waals surface area contributed by atoms with E-state index in [0.29, 0.717) is 19.5 Å². The van der Waals surface area contributed by atoms with Crippen LogP contribution >= 0.6 is 0 Å². The lowest BCUT2D eigenvalue weighted by atomic mass is 9.96.